The van der Waals surface area contributed by atoms with Crippen LogP contribution in [0, 0.1) is 0 Å². The largest absolute Gasteiger partial charge is 0.381 e. The smallest absolute Gasteiger partial charge is 0.248 e. The lowest BCUT2D eigenvalue weighted by atomic mass is 10.1. The molecule has 1 aromatic heterocycles. The number of rotatable bonds is 7. The van der Waals surface area contributed by atoms with E-state index in [1.807, 2.05) is 0 Å². The molecule has 1 unspecified atom stereocenters. The molecule has 0 aromatic carbocycles. The van der Waals surface area contributed by atoms with Gasteiger partial charge in [-0.3, -0.25) is 4.79 Å². The van der Waals surface area contributed by atoms with Crippen LogP contribution in [0.15, 0.2) is 6.33 Å². The first kappa shape index (κ1) is 14.2. The number of hydrogen-bond acceptors (Lipinski definition) is 6. The van der Waals surface area contributed by atoms with Gasteiger partial charge in [-0.1, -0.05) is 13.3 Å². The second kappa shape index (κ2) is 6.75. The van der Waals surface area contributed by atoms with Gasteiger partial charge in [-0.25, -0.2) is 9.97 Å². The third-order valence-corrected chi connectivity index (χ3v) is 2.47. The predicted octanol–water partition coefficient (Wildman–Crippen LogP) is -0.271. The van der Waals surface area contributed by atoms with Crippen LogP contribution in [0.4, 0.5) is 11.6 Å². The first-order valence-electron chi connectivity index (χ1n) is 5.83. The summed E-state index contributed by atoms with van der Waals surface area (Å²) >= 11 is 0. The summed E-state index contributed by atoms with van der Waals surface area (Å²) in [5, 5.41) is 15.2. The average molecular weight is 253 g/mol. The number of hydrogen-bond donors (Lipinski definition) is 4. The highest BCUT2D eigenvalue weighted by molar-refractivity contribution is 5.79. The number of primary amides is 1. The van der Waals surface area contributed by atoms with Crippen molar-refractivity contribution in [3.8, 4) is 0 Å². The standard InChI is InChI=1S/C11H19N5O2/c1-3-4-7-10(13-2)15-6-16-11(7)14-5-8(17)9(12)18/h6,8,17H,3-5H2,1-2H3,(H2,12,18)(H2,13,14,15,16). The van der Waals surface area contributed by atoms with Crippen LogP contribution in [0.1, 0.15) is 18.9 Å². The monoisotopic (exact) mass is 253 g/mol. The van der Waals surface area contributed by atoms with E-state index in [4.69, 9.17) is 5.73 Å². The van der Waals surface area contributed by atoms with E-state index in [1.165, 1.54) is 6.33 Å². The normalized spacial score (nSPS) is 11.9. The number of nitrogens with two attached hydrogens (primary N) is 1. The van der Waals surface area contributed by atoms with Crippen molar-refractivity contribution in [1.82, 2.24) is 9.97 Å². The summed E-state index contributed by atoms with van der Waals surface area (Å²) in [6.45, 7) is 2.08. The molecule has 5 N–H and O–H groups in total. The Morgan fingerprint density at radius 2 is 2.17 bits per heavy atom. The number of carbonyl (C=O) groups excluding carboxylic acids is 1. The molecule has 7 nitrogen and oxygen atoms in total. The molecule has 0 radical (unpaired) electrons. The Balaban J connectivity index is 2.83. The molecule has 1 rings (SSSR count). The number of carbonyl (C=O) groups is 1. The minimum Gasteiger partial charge on any atom is -0.381 e. The van der Waals surface area contributed by atoms with E-state index in [0.29, 0.717) is 5.82 Å². The van der Waals surface area contributed by atoms with Crippen molar-refractivity contribution in [3.63, 3.8) is 0 Å². The summed E-state index contributed by atoms with van der Waals surface area (Å²) in [5.74, 6) is 0.585. The molecule has 1 aromatic rings. The predicted molar refractivity (Wildman–Crippen MR) is 69.3 cm³/mol. The van der Waals surface area contributed by atoms with E-state index >= 15 is 0 Å². The lowest BCUT2D eigenvalue weighted by Gasteiger charge is -2.14. The molecule has 7 heteroatoms. The van der Waals surface area contributed by atoms with Crippen molar-refractivity contribution >= 4 is 17.5 Å². The Morgan fingerprint density at radius 3 is 2.72 bits per heavy atom. The quantitative estimate of drug-likeness (QED) is 0.532. The van der Waals surface area contributed by atoms with Crippen molar-refractivity contribution in [2.45, 2.75) is 25.9 Å². The molecule has 100 valence electrons. The number of anilines is 2. The maximum Gasteiger partial charge on any atom is 0.248 e. The van der Waals surface area contributed by atoms with Gasteiger partial charge >= 0.3 is 0 Å². The number of amides is 1. The molecule has 0 bridgehead atoms. The van der Waals surface area contributed by atoms with Gasteiger partial charge in [-0.05, 0) is 6.42 Å². The minimum absolute atomic E-state index is 0.0339. The molecule has 1 heterocycles. The Kier molecular flexibility index (Phi) is 5.31. The second-order valence-corrected chi connectivity index (χ2v) is 3.85. The Labute approximate surface area is 106 Å². The van der Waals surface area contributed by atoms with Crippen molar-refractivity contribution in [3.05, 3.63) is 11.9 Å². The first-order chi connectivity index (χ1) is 8.60. The van der Waals surface area contributed by atoms with Crippen molar-refractivity contribution in [1.29, 1.82) is 0 Å². The van der Waals surface area contributed by atoms with Crippen LogP contribution < -0.4 is 16.4 Å². The summed E-state index contributed by atoms with van der Waals surface area (Å²) in [6.07, 6.45) is 1.93. The summed E-state index contributed by atoms with van der Waals surface area (Å²) in [4.78, 5) is 19.0. The Bertz CT molecular complexity index is 410. The number of aliphatic hydroxyl groups is 1. The molecular weight excluding hydrogens is 234 g/mol. The number of nitrogens with one attached hydrogen (secondary N) is 2. The molecule has 0 saturated heterocycles. The van der Waals surface area contributed by atoms with Crippen LogP contribution in [0.2, 0.25) is 0 Å². The van der Waals surface area contributed by atoms with Gasteiger partial charge < -0.3 is 21.5 Å². The molecule has 0 spiro atoms. The van der Waals surface area contributed by atoms with Gasteiger partial charge in [0, 0.05) is 12.6 Å². The average Bonchev–Trinajstić information content (AvgIpc) is 2.37. The lowest BCUT2D eigenvalue weighted by Crippen LogP contribution is -2.34. The molecule has 1 atom stereocenters. The Hall–Kier alpha value is -1.89. The zero-order chi connectivity index (χ0) is 13.5. The number of aliphatic hydroxyl groups excluding tert-OH is 1. The maximum atomic E-state index is 10.7. The van der Waals surface area contributed by atoms with Crippen LogP contribution in [-0.4, -0.2) is 40.7 Å². The topological polar surface area (TPSA) is 113 Å². The minimum atomic E-state index is -1.23. The van der Waals surface area contributed by atoms with E-state index in [0.717, 1.165) is 24.2 Å². The van der Waals surface area contributed by atoms with Gasteiger partial charge in [-0.15, -0.1) is 0 Å². The van der Waals surface area contributed by atoms with Gasteiger partial charge in [0.25, 0.3) is 0 Å². The lowest BCUT2D eigenvalue weighted by molar-refractivity contribution is -0.125. The molecule has 18 heavy (non-hydrogen) atoms. The molecule has 1 amide bonds. The van der Waals surface area contributed by atoms with Crippen LogP contribution in [0.5, 0.6) is 0 Å². The summed E-state index contributed by atoms with van der Waals surface area (Å²) < 4.78 is 0. The van der Waals surface area contributed by atoms with Crippen LogP contribution in [0.3, 0.4) is 0 Å². The molecule has 0 saturated carbocycles. The summed E-state index contributed by atoms with van der Waals surface area (Å²) in [6, 6.07) is 0. The fourth-order valence-electron chi connectivity index (χ4n) is 1.56. The zero-order valence-corrected chi connectivity index (χ0v) is 10.6. The van der Waals surface area contributed by atoms with Crippen LogP contribution in [0.25, 0.3) is 0 Å². The van der Waals surface area contributed by atoms with Gasteiger partial charge in [0.1, 0.15) is 24.1 Å². The van der Waals surface area contributed by atoms with Gasteiger partial charge in [0.2, 0.25) is 5.91 Å². The van der Waals surface area contributed by atoms with E-state index < -0.39 is 12.0 Å². The molecular formula is C11H19N5O2. The van der Waals surface area contributed by atoms with Gasteiger partial charge in [-0.2, -0.15) is 0 Å². The first-order valence-corrected chi connectivity index (χ1v) is 5.83. The van der Waals surface area contributed by atoms with Crippen LogP contribution in [-0.2, 0) is 11.2 Å². The fraction of sp³-hybridized carbons (Fsp3) is 0.545. The number of nitrogens with zero attached hydrogens (tertiary/aromatic N) is 2. The molecule has 0 aliphatic rings. The fourth-order valence-corrected chi connectivity index (χ4v) is 1.56. The van der Waals surface area contributed by atoms with E-state index in [-0.39, 0.29) is 6.54 Å². The van der Waals surface area contributed by atoms with Crippen molar-refractivity contribution < 1.29 is 9.90 Å². The molecule has 0 aliphatic heterocycles. The Morgan fingerprint density at radius 1 is 1.50 bits per heavy atom. The highest BCUT2D eigenvalue weighted by Gasteiger charge is 2.14. The third kappa shape index (κ3) is 3.56. The summed E-state index contributed by atoms with van der Waals surface area (Å²) in [5.41, 5.74) is 5.91. The zero-order valence-electron chi connectivity index (χ0n) is 10.6. The van der Waals surface area contributed by atoms with Crippen molar-refractivity contribution in [2.75, 3.05) is 24.2 Å². The maximum absolute atomic E-state index is 10.7. The van der Waals surface area contributed by atoms with E-state index in [9.17, 15) is 9.90 Å². The molecule has 0 aliphatic carbocycles. The van der Waals surface area contributed by atoms with Gasteiger partial charge in [0.05, 0.1) is 6.54 Å². The van der Waals surface area contributed by atoms with Crippen LogP contribution >= 0.6 is 0 Å². The molecule has 0 fully saturated rings. The second-order valence-electron chi connectivity index (χ2n) is 3.85. The highest BCUT2D eigenvalue weighted by atomic mass is 16.3. The van der Waals surface area contributed by atoms with E-state index in [2.05, 4.69) is 27.5 Å². The van der Waals surface area contributed by atoms with Gasteiger partial charge in [0.15, 0.2) is 0 Å². The number of aromatic nitrogens is 2. The highest BCUT2D eigenvalue weighted by Crippen LogP contribution is 2.20. The van der Waals surface area contributed by atoms with E-state index in [1.54, 1.807) is 7.05 Å². The summed E-state index contributed by atoms with van der Waals surface area (Å²) in [7, 11) is 1.78. The van der Waals surface area contributed by atoms with Crippen molar-refractivity contribution in [2.24, 2.45) is 5.73 Å². The third-order valence-electron chi connectivity index (χ3n) is 2.47. The SMILES string of the molecule is CCCc1c(NC)ncnc1NCC(O)C(N)=O.